The van der Waals surface area contributed by atoms with E-state index in [1.165, 1.54) is 23.0 Å². The highest BCUT2D eigenvalue weighted by Crippen LogP contribution is 2.20. The van der Waals surface area contributed by atoms with Gasteiger partial charge in [-0.05, 0) is 42.8 Å². The highest BCUT2D eigenvalue weighted by atomic mass is 35.5. The second kappa shape index (κ2) is 6.22. The van der Waals surface area contributed by atoms with Crippen LogP contribution in [0.15, 0.2) is 54.7 Å². The van der Waals surface area contributed by atoms with Gasteiger partial charge in [-0.15, -0.1) is 0 Å². The van der Waals surface area contributed by atoms with Gasteiger partial charge < -0.3 is 5.32 Å². The third-order valence-corrected chi connectivity index (χ3v) is 3.76. The van der Waals surface area contributed by atoms with Crippen LogP contribution in [0.2, 0.25) is 5.02 Å². The van der Waals surface area contributed by atoms with Gasteiger partial charge in [0.25, 0.3) is 5.91 Å². The van der Waals surface area contributed by atoms with Gasteiger partial charge in [-0.25, -0.2) is 9.07 Å². The molecule has 0 aliphatic carbocycles. The summed E-state index contributed by atoms with van der Waals surface area (Å²) in [6, 6.07) is 13.0. The molecule has 0 unspecified atom stereocenters. The maximum Gasteiger partial charge on any atom is 0.276 e. The molecule has 1 aromatic heterocycles. The van der Waals surface area contributed by atoms with Crippen molar-refractivity contribution in [2.24, 2.45) is 0 Å². The summed E-state index contributed by atoms with van der Waals surface area (Å²) in [6.45, 7) is 1.88. The molecule has 3 aromatic rings. The molecule has 0 atom stereocenters. The molecule has 0 aliphatic rings. The Hall–Kier alpha value is -2.66. The number of hydrogen-bond donors (Lipinski definition) is 1. The predicted molar refractivity (Wildman–Crippen MR) is 87.7 cm³/mol. The molecule has 0 fully saturated rings. The molecule has 0 saturated heterocycles. The predicted octanol–water partition coefficient (Wildman–Crippen LogP) is 4.23. The van der Waals surface area contributed by atoms with Crippen molar-refractivity contribution in [1.29, 1.82) is 0 Å². The number of benzene rings is 2. The van der Waals surface area contributed by atoms with E-state index >= 15 is 0 Å². The van der Waals surface area contributed by atoms with Gasteiger partial charge in [0.15, 0.2) is 5.69 Å². The van der Waals surface area contributed by atoms with E-state index in [4.69, 9.17) is 11.6 Å². The maximum absolute atomic E-state index is 13.7. The molecule has 6 heteroatoms. The smallest absolute Gasteiger partial charge is 0.276 e. The number of carbonyl (C=O) groups is 1. The zero-order chi connectivity index (χ0) is 16.4. The summed E-state index contributed by atoms with van der Waals surface area (Å²) in [5.74, 6) is -0.798. The first-order chi connectivity index (χ1) is 11.0. The van der Waals surface area contributed by atoms with E-state index in [2.05, 4.69) is 10.4 Å². The Bertz CT molecular complexity index is 876. The van der Waals surface area contributed by atoms with E-state index in [-0.39, 0.29) is 17.3 Å². The molecule has 2 aromatic carbocycles. The first-order valence-electron chi connectivity index (χ1n) is 6.92. The molecule has 3 rings (SSSR count). The van der Waals surface area contributed by atoms with E-state index in [0.29, 0.717) is 10.7 Å². The lowest BCUT2D eigenvalue weighted by atomic mass is 10.2. The maximum atomic E-state index is 13.7. The van der Waals surface area contributed by atoms with Crippen LogP contribution in [0, 0.1) is 12.7 Å². The lowest BCUT2D eigenvalue weighted by Gasteiger charge is -2.05. The number of anilines is 1. The zero-order valence-electron chi connectivity index (χ0n) is 12.3. The van der Waals surface area contributed by atoms with Crippen molar-refractivity contribution in [2.45, 2.75) is 6.92 Å². The van der Waals surface area contributed by atoms with Crippen LogP contribution < -0.4 is 5.32 Å². The standard InChI is InChI=1S/C17H13ClFN3O/c1-11-6-7-12(10-13(11)18)20-17(23)15-8-9-22(21-15)16-5-3-2-4-14(16)19/h2-10H,1H3,(H,20,23). The van der Waals surface area contributed by atoms with E-state index in [1.807, 2.05) is 13.0 Å². The minimum atomic E-state index is -0.409. The molecule has 1 heterocycles. The number of carbonyl (C=O) groups excluding carboxylic acids is 1. The van der Waals surface area contributed by atoms with Crippen LogP contribution in [0.3, 0.4) is 0 Å². The first-order valence-corrected chi connectivity index (χ1v) is 7.30. The van der Waals surface area contributed by atoms with Crippen LogP contribution in [0.25, 0.3) is 5.69 Å². The Morgan fingerprint density at radius 1 is 1.22 bits per heavy atom. The Balaban J connectivity index is 1.81. The molecule has 0 saturated carbocycles. The fourth-order valence-electron chi connectivity index (χ4n) is 2.08. The Morgan fingerprint density at radius 2 is 2.00 bits per heavy atom. The van der Waals surface area contributed by atoms with Gasteiger partial charge in [-0.1, -0.05) is 29.8 Å². The Kier molecular flexibility index (Phi) is 4.12. The zero-order valence-corrected chi connectivity index (χ0v) is 13.0. The number of amides is 1. The van der Waals surface area contributed by atoms with Crippen LogP contribution in [-0.2, 0) is 0 Å². The molecule has 1 N–H and O–H groups in total. The first kappa shape index (κ1) is 15.2. The number of halogens is 2. The van der Waals surface area contributed by atoms with Gasteiger partial charge >= 0.3 is 0 Å². The molecule has 0 aliphatic heterocycles. The molecule has 4 nitrogen and oxygen atoms in total. The van der Waals surface area contributed by atoms with Crippen LogP contribution in [0.4, 0.5) is 10.1 Å². The Morgan fingerprint density at radius 3 is 2.74 bits per heavy atom. The summed E-state index contributed by atoms with van der Waals surface area (Å²) >= 11 is 6.03. The van der Waals surface area contributed by atoms with E-state index in [0.717, 1.165) is 5.56 Å². The fraction of sp³-hybridized carbons (Fsp3) is 0.0588. The Labute approximate surface area is 137 Å². The number of rotatable bonds is 3. The minimum Gasteiger partial charge on any atom is -0.321 e. The molecular formula is C17H13ClFN3O. The monoisotopic (exact) mass is 329 g/mol. The molecule has 0 spiro atoms. The third-order valence-electron chi connectivity index (χ3n) is 3.35. The highest BCUT2D eigenvalue weighted by Gasteiger charge is 2.12. The lowest BCUT2D eigenvalue weighted by Crippen LogP contribution is -2.13. The van der Waals surface area contributed by atoms with Crippen molar-refractivity contribution in [3.63, 3.8) is 0 Å². The third kappa shape index (κ3) is 3.24. The summed E-state index contributed by atoms with van der Waals surface area (Å²) in [6.07, 6.45) is 1.54. The van der Waals surface area contributed by atoms with Gasteiger partial charge in [-0.2, -0.15) is 5.10 Å². The van der Waals surface area contributed by atoms with Gasteiger partial charge in [0.05, 0.1) is 0 Å². The number of nitrogens with zero attached hydrogens (tertiary/aromatic N) is 2. The van der Waals surface area contributed by atoms with E-state index in [9.17, 15) is 9.18 Å². The summed E-state index contributed by atoms with van der Waals surface area (Å²) < 4.78 is 15.1. The van der Waals surface area contributed by atoms with Crippen LogP contribution in [-0.4, -0.2) is 15.7 Å². The number of nitrogens with one attached hydrogen (secondary N) is 1. The van der Waals surface area contributed by atoms with Crippen LogP contribution in [0.1, 0.15) is 16.1 Å². The van der Waals surface area contributed by atoms with Crippen molar-refractivity contribution >= 4 is 23.2 Å². The average Bonchev–Trinajstić information content (AvgIpc) is 3.01. The minimum absolute atomic E-state index is 0.185. The molecule has 23 heavy (non-hydrogen) atoms. The quantitative estimate of drug-likeness (QED) is 0.781. The molecule has 116 valence electrons. The molecular weight excluding hydrogens is 317 g/mol. The summed E-state index contributed by atoms with van der Waals surface area (Å²) in [5.41, 5.74) is 1.97. The van der Waals surface area contributed by atoms with Crippen molar-refractivity contribution in [3.8, 4) is 5.69 Å². The normalized spacial score (nSPS) is 10.6. The summed E-state index contributed by atoms with van der Waals surface area (Å²) in [7, 11) is 0. The van der Waals surface area contributed by atoms with Gasteiger partial charge in [0.1, 0.15) is 11.5 Å². The van der Waals surface area contributed by atoms with Crippen molar-refractivity contribution in [2.75, 3.05) is 5.32 Å². The number of aromatic nitrogens is 2. The SMILES string of the molecule is Cc1ccc(NC(=O)c2ccn(-c3ccccc3F)n2)cc1Cl. The second-order valence-electron chi connectivity index (χ2n) is 5.02. The molecule has 1 amide bonds. The average molecular weight is 330 g/mol. The van der Waals surface area contributed by atoms with Gasteiger partial charge in [-0.3, -0.25) is 4.79 Å². The van der Waals surface area contributed by atoms with E-state index in [1.54, 1.807) is 30.3 Å². The fourth-order valence-corrected chi connectivity index (χ4v) is 2.26. The van der Waals surface area contributed by atoms with Crippen LogP contribution in [0.5, 0.6) is 0 Å². The molecule has 0 bridgehead atoms. The number of para-hydroxylation sites is 1. The van der Waals surface area contributed by atoms with Crippen molar-refractivity contribution in [3.05, 3.63) is 76.8 Å². The van der Waals surface area contributed by atoms with Crippen molar-refractivity contribution < 1.29 is 9.18 Å². The van der Waals surface area contributed by atoms with Crippen molar-refractivity contribution in [1.82, 2.24) is 9.78 Å². The number of hydrogen-bond acceptors (Lipinski definition) is 2. The van der Waals surface area contributed by atoms with Crippen LogP contribution >= 0.6 is 11.6 Å². The van der Waals surface area contributed by atoms with E-state index < -0.39 is 5.82 Å². The largest absolute Gasteiger partial charge is 0.321 e. The topological polar surface area (TPSA) is 46.9 Å². The number of aryl methyl sites for hydroxylation is 1. The van der Waals surface area contributed by atoms with Gasteiger partial charge in [0, 0.05) is 16.9 Å². The lowest BCUT2D eigenvalue weighted by molar-refractivity contribution is 0.102. The molecule has 0 radical (unpaired) electrons. The summed E-state index contributed by atoms with van der Waals surface area (Å²) in [5, 5.41) is 7.39. The second-order valence-corrected chi connectivity index (χ2v) is 5.42. The van der Waals surface area contributed by atoms with Gasteiger partial charge in [0.2, 0.25) is 0 Å². The summed E-state index contributed by atoms with van der Waals surface area (Å²) in [4.78, 5) is 12.2. The highest BCUT2D eigenvalue weighted by molar-refractivity contribution is 6.31.